The van der Waals surface area contributed by atoms with Crippen molar-refractivity contribution in [3.05, 3.63) is 37.9 Å². The number of anilines is 1. The van der Waals surface area contributed by atoms with Crippen LogP contribution in [0.15, 0.2) is 12.1 Å². The standard InChI is InChI=1S/C13H14N4O4/c1-9-4-2-3-5-15(9)13-11(16(18)19)6-10(8-14)7-12(13)17(20)21/h6-7,9H,2-5H2,1H3/t9-/m0/s1. The molecule has 0 spiro atoms. The zero-order valence-corrected chi connectivity index (χ0v) is 11.5. The highest BCUT2D eigenvalue weighted by Gasteiger charge is 2.34. The highest BCUT2D eigenvalue weighted by molar-refractivity contribution is 5.77. The topological polar surface area (TPSA) is 113 Å². The van der Waals surface area contributed by atoms with Crippen molar-refractivity contribution in [2.75, 3.05) is 11.4 Å². The molecule has 0 aromatic heterocycles. The van der Waals surface area contributed by atoms with E-state index in [4.69, 9.17) is 5.26 Å². The van der Waals surface area contributed by atoms with Crippen molar-refractivity contribution in [2.24, 2.45) is 0 Å². The molecule has 0 N–H and O–H groups in total. The summed E-state index contributed by atoms with van der Waals surface area (Å²) < 4.78 is 0. The van der Waals surface area contributed by atoms with Crippen LogP contribution in [0, 0.1) is 31.6 Å². The maximum atomic E-state index is 11.3. The van der Waals surface area contributed by atoms with E-state index in [1.807, 2.05) is 6.92 Å². The predicted octanol–water partition coefficient (Wildman–Crippen LogP) is 2.75. The second-order valence-electron chi connectivity index (χ2n) is 5.03. The maximum absolute atomic E-state index is 11.3. The molecule has 1 saturated heterocycles. The van der Waals surface area contributed by atoms with E-state index in [0.717, 1.165) is 31.4 Å². The zero-order valence-electron chi connectivity index (χ0n) is 11.5. The Labute approximate surface area is 120 Å². The van der Waals surface area contributed by atoms with E-state index < -0.39 is 9.85 Å². The molecule has 0 radical (unpaired) electrons. The molecule has 1 aliphatic rings. The molecule has 1 aliphatic heterocycles. The Kier molecular flexibility index (Phi) is 4.03. The van der Waals surface area contributed by atoms with Crippen LogP contribution in [0.3, 0.4) is 0 Å². The molecule has 1 fully saturated rings. The maximum Gasteiger partial charge on any atom is 0.301 e. The van der Waals surface area contributed by atoms with Crippen molar-refractivity contribution in [1.29, 1.82) is 5.26 Å². The molecular weight excluding hydrogens is 276 g/mol. The number of nitro groups is 2. The number of hydrogen-bond acceptors (Lipinski definition) is 6. The van der Waals surface area contributed by atoms with Gasteiger partial charge in [0, 0.05) is 24.7 Å². The summed E-state index contributed by atoms with van der Waals surface area (Å²) in [6, 6.07) is 3.92. The fraction of sp³-hybridized carbons (Fsp3) is 0.462. The van der Waals surface area contributed by atoms with Gasteiger partial charge in [-0.05, 0) is 26.2 Å². The smallest absolute Gasteiger partial charge is 0.301 e. The Morgan fingerprint density at radius 1 is 1.24 bits per heavy atom. The Morgan fingerprint density at radius 2 is 1.81 bits per heavy atom. The van der Waals surface area contributed by atoms with Crippen molar-refractivity contribution in [3.63, 3.8) is 0 Å². The highest BCUT2D eigenvalue weighted by Crippen LogP contribution is 2.41. The first-order valence-corrected chi connectivity index (χ1v) is 6.59. The minimum absolute atomic E-state index is 0.0101. The van der Waals surface area contributed by atoms with Gasteiger partial charge in [0.25, 0.3) is 0 Å². The molecule has 1 heterocycles. The van der Waals surface area contributed by atoms with E-state index in [9.17, 15) is 20.2 Å². The second-order valence-corrected chi connectivity index (χ2v) is 5.03. The third-order valence-corrected chi connectivity index (χ3v) is 3.68. The van der Waals surface area contributed by atoms with Crippen LogP contribution in [0.2, 0.25) is 0 Å². The first-order valence-electron chi connectivity index (χ1n) is 6.59. The molecule has 110 valence electrons. The van der Waals surface area contributed by atoms with Crippen LogP contribution in [-0.4, -0.2) is 22.4 Å². The zero-order chi connectivity index (χ0) is 15.6. The molecule has 0 saturated carbocycles. The van der Waals surface area contributed by atoms with Gasteiger partial charge in [0.2, 0.25) is 0 Å². The third-order valence-electron chi connectivity index (χ3n) is 3.68. The summed E-state index contributed by atoms with van der Waals surface area (Å²) in [4.78, 5) is 22.9. The van der Waals surface area contributed by atoms with Crippen LogP contribution < -0.4 is 4.90 Å². The van der Waals surface area contributed by atoms with E-state index >= 15 is 0 Å². The molecule has 0 bridgehead atoms. The number of piperidine rings is 1. The SMILES string of the molecule is C[C@H]1CCCCN1c1c([N+](=O)[O-])cc(C#N)cc1[N+](=O)[O-]. The minimum Gasteiger partial charge on any atom is -0.358 e. The normalized spacial score (nSPS) is 18.1. The minimum atomic E-state index is -0.662. The molecule has 2 rings (SSSR count). The van der Waals surface area contributed by atoms with Crippen LogP contribution in [-0.2, 0) is 0 Å². The summed E-state index contributed by atoms with van der Waals surface area (Å²) in [5, 5.41) is 31.4. The lowest BCUT2D eigenvalue weighted by molar-refractivity contribution is -0.392. The lowest BCUT2D eigenvalue weighted by atomic mass is 10.0. The molecule has 1 atom stereocenters. The van der Waals surface area contributed by atoms with Crippen LogP contribution in [0.4, 0.5) is 17.1 Å². The lowest BCUT2D eigenvalue weighted by Gasteiger charge is -2.34. The summed E-state index contributed by atoms with van der Waals surface area (Å²) in [7, 11) is 0. The quantitative estimate of drug-likeness (QED) is 0.624. The second kappa shape index (κ2) is 5.75. The summed E-state index contributed by atoms with van der Waals surface area (Å²) in [5.74, 6) is 0. The highest BCUT2D eigenvalue weighted by atomic mass is 16.6. The number of nitro benzene ring substituents is 2. The average molecular weight is 290 g/mol. The number of nitriles is 1. The first kappa shape index (κ1) is 14.7. The Hall–Kier alpha value is -2.69. The number of nitrogens with zero attached hydrogens (tertiary/aromatic N) is 4. The van der Waals surface area contributed by atoms with Gasteiger partial charge in [-0.15, -0.1) is 0 Å². The number of rotatable bonds is 3. The molecular formula is C13H14N4O4. The van der Waals surface area contributed by atoms with Crippen LogP contribution >= 0.6 is 0 Å². The van der Waals surface area contributed by atoms with Gasteiger partial charge in [-0.2, -0.15) is 5.26 Å². The predicted molar refractivity (Wildman–Crippen MR) is 75.1 cm³/mol. The molecule has 0 amide bonds. The van der Waals surface area contributed by atoms with Gasteiger partial charge < -0.3 is 4.90 Å². The summed E-state index contributed by atoms with van der Waals surface area (Å²) in [6.45, 7) is 2.43. The fourth-order valence-corrected chi connectivity index (χ4v) is 2.67. The fourth-order valence-electron chi connectivity index (χ4n) is 2.67. The van der Waals surface area contributed by atoms with Crippen LogP contribution in [0.5, 0.6) is 0 Å². The van der Waals surface area contributed by atoms with Gasteiger partial charge in [0.1, 0.15) is 0 Å². The van der Waals surface area contributed by atoms with E-state index in [2.05, 4.69) is 0 Å². The largest absolute Gasteiger partial charge is 0.358 e. The van der Waals surface area contributed by atoms with Gasteiger partial charge >= 0.3 is 11.4 Å². The third kappa shape index (κ3) is 2.76. The molecule has 1 aromatic carbocycles. The lowest BCUT2D eigenvalue weighted by Crippen LogP contribution is -2.38. The number of hydrogen-bond donors (Lipinski definition) is 0. The summed E-state index contributed by atoms with van der Waals surface area (Å²) in [5.41, 5.74) is -0.831. The molecule has 8 nitrogen and oxygen atoms in total. The van der Waals surface area contributed by atoms with E-state index in [0.29, 0.717) is 6.54 Å². The van der Waals surface area contributed by atoms with E-state index in [-0.39, 0.29) is 28.7 Å². The van der Waals surface area contributed by atoms with Gasteiger partial charge in [-0.25, -0.2) is 0 Å². The Bertz CT molecular complexity index is 603. The molecule has 21 heavy (non-hydrogen) atoms. The van der Waals surface area contributed by atoms with Crippen molar-refractivity contribution >= 4 is 17.1 Å². The Morgan fingerprint density at radius 3 is 2.24 bits per heavy atom. The Balaban J connectivity index is 2.68. The average Bonchev–Trinajstić information content (AvgIpc) is 2.46. The van der Waals surface area contributed by atoms with Crippen molar-refractivity contribution in [1.82, 2.24) is 0 Å². The van der Waals surface area contributed by atoms with Gasteiger partial charge in [0.05, 0.1) is 21.5 Å². The van der Waals surface area contributed by atoms with Crippen molar-refractivity contribution < 1.29 is 9.85 Å². The van der Waals surface area contributed by atoms with Gasteiger partial charge in [0.15, 0.2) is 5.69 Å². The molecule has 1 aromatic rings. The van der Waals surface area contributed by atoms with E-state index in [1.165, 1.54) is 0 Å². The van der Waals surface area contributed by atoms with Crippen LogP contribution in [0.1, 0.15) is 31.7 Å². The summed E-state index contributed by atoms with van der Waals surface area (Å²) in [6.07, 6.45) is 2.66. The molecule has 8 heteroatoms. The first-order chi connectivity index (χ1) is 9.95. The van der Waals surface area contributed by atoms with Crippen molar-refractivity contribution in [2.45, 2.75) is 32.2 Å². The molecule has 0 unspecified atom stereocenters. The summed E-state index contributed by atoms with van der Waals surface area (Å²) >= 11 is 0. The van der Waals surface area contributed by atoms with Gasteiger partial charge in [-0.3, -0.25) is 20.2 Å². The monoisotopic (exact) mass is 290 g/mol. The number of benzene rings is 1. The van der Waals surface area contributed by atoms with Gasteiger partial charge in [-0.1, -0.05) is 0 Å². The molecule has 0 aliphatic carbocycles. The van der Waals surface area contributed by atoms with Crippen LogP contribution in [0.25, 0.3) is 0 Å². The van der Waals surface area contributed by atoms with E-state index in [1.54, 1.807) is 11.0 Å². The van der Waals surface area contributed by atoms with Crippen molar-refractivity contribution in [3.8, 4) is 6.07 Å².